The van der Waals surface area contributed by atoms with E-state index in [1.54, 1.807) is 37.6 Å². The van der Waals surface area contributed by atoms with E-state index in [0.29, 0.717) is 52.4 Å². The number of hydrazone groups is 1. The Balaban J connectivity index is 1.40. The minimum absolute atomic E-state index is 0.233. The first-order valence-corrected chi connectivity index (χ1v) is 11.3. The van der Waals surface area contributed by atoms with E-state index in [2.05, 4.69) is 20.8 Å². The minimum Gasteiger partial charge on any atom is -0.497 e. The number of aromatic nitrogens is 1. The molecule has 35 heavy (non-hydrogen) atoms. The monoisotopic (exact) mass is 468 g/mol. The summed E-state index contributed by atoms with van der Waals surface area (Å²) in [5.74, 6) is 0.829. The number of amides is 2. The van der Waals surface area contributed by atoms with Crippen molar-refractivity contribution in [1.29, 1.82) is 0 Å². The summed E-state index contributed by atoms with van der Waals surface area (Å²) in [6, 6.07) is 16.3. The molecular weight excluding hydrogens is 444 g/mol. The summed E-state index contributed by atoms with van der Waals surface area (Å²) < 4.78 is 11.2. The lowest BCUT2D eigenvalue weighted by Crippen LogP contribution is -2.22. The number of nitrogens with zero attached hydrogens (tertiary/aromatic N) is 2. The zero-order valence-corrected chi connectivity index (χ0v) is 19.4. The number of carbonyl (C=O) groups excluding carboxylic acids is 2. The largest absolute Gasteiger partial charge is 0.497 e. The summed E-state index contributed by atoms with van der Waals surface area (Å²) in [5.41, 5.74) is 6.56. The molecule has 0 fully saturated rings. The smallest absolute Gasteiger partial charge is 0.291 e. The van der Waals surface area contributed by atoms with Gasteiger partial charge in [-0.05, 0) is 50.1 Å². The number of nitrogens with one attached hydrogen (secondary N) is 2. The minimum atomic E-state index is -0.352. The van der Waals surface area contributed by atoms with Gasteiger partial charge in [0.25, 0.3) is 11.8 Å². The molecule has 0 aliphatic heterocycles. The Bertz CT molecular complexity index is 1470. The molecule has 176 valence electrons. The van der Waals surface area contributed by atoms with Gasteiger partial charge in [0.1, 0.15) is 11.5 Å². The Morgan fingerprint density at radius 2 is 1.89 bits per heavy atom. The van der Waals surface area contributed by atoms with Gasteiger partial charge in [0.05, 0.1) is 24.0 Å². The van der Waals surface area contributed by atoms with E-state index in [9.17, 15) is 9.59 Å². The number of carbonyl (C=O) groups is 2. The van der Waals surface area contributed by atoms with E-state index >= 15 is 0 Å². The summed E-state index contributed by atoms with van der Waals surface area (Å²) >= 11 is 0. The molecule has 0 atom stereocenters. The van der Waals surface area contributed by atoms with E-state index < -0.39 is 0 Å². The molecule has 1 aliphatic rings. The van der Waals surface area contributed by atoms with Gasteiger partial charge in [-0.2, -0.15) is 5.10 Å². The van der Waals surface area contributed by atoms with Crippen molar-refractivity contribution in [3.05, 3.63) is 89.0 Å². The second kappa shape index (κ2) is 9.42. The molecule has 1 aliphatic carbocycles. The highest BCUT2D eigenvalue weighted by molar-refractivity contribution is 6.11. The molecule has 0 spiro atoms. The maximum Gasteiger partial charge on any atom is 0.291 e. The van der Waals surface area contributed by atoms with Crippen LogP contribution in [0.2, 0.25) is 0 Å². The number of furan rings is 1. The third kappa shape index (κ3) is 4.38. The van der Waals surface area contributed by atoms with Crippen molar-refractivity contribution in [2.75, 3.05) is 12.4 Å². The number of anilines is 1. The SMILES string of the molecule is COc1cccc(C(=O)N/N=C2\CCCc3oc(C(=O)Nc4cccc5cccnc45)c(C)c32)c1. The zero-order valence-electron chi connectivity index (χ0n) is 19.4. The van der Waals surface area contributed by atoms with Gasteiger partial charge in [-0.3, -0.25) is 14.6 Å². The van der Waals surface area contributed by atoms with Crippen LogP contribution in [-0.4, -0.2) is 29.6 Å². The number of hydrogen-bond acceptors (Lipinski definition) is 6. The molecule has 0 radical (unpaired) electrons. The third-order valence-electron chi connectivity index (χ3n) is 6.04. The van der Waals surface area contributed by atoms with Crippen LogP contribution in [-0.2, 0) is 6.42 Å². The zero-order chi connectivity index (χ0) is 24.4. The number of aryl methyl sites for hydroxylation is 1. The number of pyridine rings is 1. The van der Waals surface area contributed by atoms with Crippen LogP contribution in [0.25, 0.3) is 10.9 Å². The van der Waals surface area contributed by atoms with Crippen LogP contribution < -0.4 is 15.5 Å². The molecule has 2 N–H and O–H groups in total. The van der Waals surface area contributed by atoms with Crippen LogP contribution in [0, 0.1) is 6.92 Å². The predicted octanol–water partition coefficient (Wildman–Crippen LogP) is 4.87. The van der Waals surface area contributed by atoms with Gasteiger partial charge in [0.15, 0.2) is 5.76 Å². The van der Waals surface area contributed by atoms with E-state index in [4.69, 9.17) is 9.15 Å². The molecule has 0 bridgehead atoms. The highest BCUT2D eigenvalue weighted by atomic mass is 16.5. The molecule has 2 amide bonds. The first-order valence-electron chi connectivity index (χ1n) is 11.3. The number of methoxy groups -OCH3 is 1. The molecular formula is C27H24N4O4. The highest BCUT2D eigenvalue weighted by Crippen LogP contribution is 2.31. The van der Waals surface area contributed by atoms with E-state index in [1.165, 1.54) is 0 Å². The van der Waals surface area contributed by atoms with Crippen LogP contribution in [0.3, 0.4) is 0 Å². The van der Waals surface area contributed by atoms with Gasteiger partial charge in [-0.15, -0.1) is 0 Å². The van der Waals surface area contributed by atoms with Crippen molar-refractivity contribution >= 4 is 34.1 Å². The fourth-order valence-electron chi connectivity index (χ4n) is 4.33. The van der Waals surface area contributed by atoms with Gasteiger partial charge < -0.3 is 14.5 Å². The van der Waals surface area contributed by atoms with E-state index in [-0.39, 0.29) is 17.6 Å². The number of ether oxygens (including phenoxy) is 1. The average molecular weight is 469 g/mol. The van der Waals surface area contributed by atoms with Crippen LogP contribution >= 0.6 is 0 Å². The Kier molecular flexibility index (Phi) is 6.01. The summed E-state index contributed by atoms with van der Waals surface area (Å²) in [4.78, 5) is 30.2. The quantitative estimate of drug-likeness (QED) is 0.407. The molecule has 4 aromatic rings. The summed E-state index contributed by atoms with van der Waals surface area (Å²) in [6.07, 6.45) is 3.86. The number of fused-ring (bicyclic) bond motifs is 2. The van der Waals surface area contributed by atoms with E-state index in [1.807, 2.05) is 37.3 Å². The number of benzene rings is 2. The van der Waals surface area contributed by atoms with Crippen molar-refractivity contribution in [1.82, 2.24) is 10.4 Å². The molecule has 0 saturated heterocycles. The van der Waals surface area contributed by atoms with Gasteiger partial charge >= 0.3 is 0 Å². The fraction of sp³-hybridized carbons (Fsp3) is 0.185. The Morgan fingerprint density at radius 3 is 2.74 bits per heavy atom. The first kappa shape index (κ1) is 22.3. The molecule has 5 rings (SSSR count). The molecule has 2 heterocycles. The maximum absolute atomic E-state index is 13.2. The number of para-hydroxylation sites is 1. The molecule has 0 unspecified atom stereocenters. The average Bonchev–Trinajstić information content (AvgIpc) is 3.24. The molecule has 0 saturated carbocycles. The Morgan fingerprint density at radius 1 is 1.06 bits per heavy atom. The van der Waals surface area contributed by atoms with Gasteiger partial charge in [-0.1, -0.05) is 24.3 Å². The number of hydrogen-bond donors (Lipinski definition) is 2. The highest BCUT2D eigenvalue weighted by Gasteiger charge is 2.28. The lowest BCUT2D eigenvalue weighted by atomic mass is 9.93. The van der Waals surface area contributed by atoms with Crippen molar-refractivity contribution in [2.24, 2.45) is 5.10 Å². The standard InChI is InChI=1S/C27H24N4O4/c1-16-23-20(30-31-26(32)18-8-3-10-19(15-18)34-2)11-5-13-22(23)35-25(16)27(33)29-21-12-4-7-17-9-6-14-28-24(17)21/h3-4,6-10,12,14-15H,5,11,13H2,1-2H3,(H,29,33)(H,31,32)/b30-20+. The van der Waals surface area contributed by atoms with Crippen molar-refractivity contribution in [3.63, 3.8) is 0 Å². The van der Waals surface area contributed by atoms with Crippen LogP contribution in [0.15, 0.2) is 70.3 Å². The second-order valence-corrected chi connectivity index (χ2v) is 8.27. The lowest BCUT2D eigenvalue weighted by Gasteiger charge is -2.13. The summed E-state index contributed by atoms with van der Waals surface area (Å²) in [5, 5.41) is 8.25. The molecule has 8 nitrogen and oxygen atoms in total. The van der Waals surface area contributed by atoms with Crippen LogP contribution in [0.4, 0.5) is 5.69 Å². The van der Waals surface area contributed by atoms with Gasteiger partial charge in [0, 0.05) is 34.7 Å². The molecule has 8 heteroatoms. The lowest BCUT2D eigenvalue weighted by molar-refractivity contribution is 0.0953. The van der Waals surface area contributed by atoms with Crippen molar-refractivity contribution in [3.8, 4) is 5.75 Å². The van der Waals surface area contributed by atoms with E-state index in [0.717, 1.165) is 17.4 Å². The molecule has 2 aromatic carbocycles. The van der Waals surface area contributed by atoms with Crippen LogP contribution in [0.1, 0.15) is 50.6 Å². The molecule has 2 aromatic heterocycles. The maximum atomic E-state index is 13.2. The second-order valence-electron chi connectivity index (χ2n) is 8.27. The third-order valence-corrected chi connectivity index (χ3v) is 6.04. The Hall–Kier alpha value is -4.46. The summed E-state index contributed by atoms with van der Waals surface area (Å²) in [6.45, 7) is 1.84. The van der Waals surface area contributed by atoms with Gasteiger partial charge in [0.2, 0.25) is 0 Å². The van der Waals surface area contributed by atoms with Gasteiger partial charge in [-0.25, -0.2) is 5.43 Å². The topological polar surface area (TPSA) is 106 Å². The van der Waals surface area contributed by atoms with Crippen molar-refractivity contribution in [2.45, 2.75) is 26.2 Å². The summed E-state index contributed by atoms with van der Waals surface area (Å²) in [7, 11) is 1.55. The first-order chi connectivity index (χ1) is 17.0. The normalized spacial score (nSPS) is 13.9. The Labute approximate surface area is 202 Å². The fourth-order valence-corrected chi connectivity index (χ4v) is 4.33. The number of rotatable bonds is 5. The van der Waals surface area contributed by atoms with Crippen LogP contribution in [0.5, 0.6) is 5.75 Å². The predicted molar refractivity (Wildman–Crippen MR) is 133 cm³/mol. The van der Waals surface area contributed by atoms with Crippen molar-refractivity contribution < 1.29 is 18.7 Å².